The molecule has 0 spiro atoms. The Morgan fingerprint density at radius 1 is 1.05 bits per heavy atom. The van der Waals surface area contributed by atoms with Crippen molar-refractivity contribution < 1.29 is 4.79 Å². The Morgan fingerprint density at radius 2 is 1.70 bits per heavy atom. The molecule has 0 aliphatic carbocycles. The lowest BCUT2D eigenvalue weighted by Gasteiger charge is -2.10. The maximum atomic E-state index is 12.7. The van der Waals surface area contributed by atoms with Crippen molar-refractivity contribution in [2.24, 2.45) is 0 Å². The number of nitrogens with one attached hydrogen (secondary N) is 1. The summed E-state index contributed by atoms with van der Waals surface area (Å²) in [6.45, 7) is 4.92. The fourth-order valence-corrected chi connectivity index (χ4v) is 2.48. The highest BCUT2D eigenvalue weighted by Gasteiger charge is 2.13. The molecule has 0 fully saturated rings. The summed E-state index contributed by atoms with van der Waals surface area (Å²) in [5, 5.41) is 3.13. The molecule has 20 heavy (non-hydrogen) atoms. The maximum absolute atomic E-state index is 12.7. The molecule has 104 valence electrons. The smallest absolute Gasteiger partial charge is 0.193 e. The Morgan fingerprint density at radius 3 is 2.35 bits per heavy atom. The lowest BCUT2D eigenvalue weighted by molar-refractivity contribution is 0.103. The van der Waals surface area contributed by atoms with E-state index in [0.29, 0.717) is 0 Å². The van der Waals surface area contributed by atoms with Crippen molar-refractivity contribution in [1.29, 1.82) is 0 Å². The van der Waals surface area contributed by atoms with E-state index < -0.39 is 0 Å². The molecule has 0 aliphatic heterocycles. The van der Waals surface area contributed by atoms with Crippen LogP contribution in [0.15, 0.2) is 42.5 Å². The zero-order valence-corrected chi connectivity index (χ0v) is 12.4. The zero-order chi connectivity index (χ0) is 14.5. The average molecular weight is 267 g/mol. The highest BCUT2D eigenvalue weighted by Crippen LogP contribution is 2.17. The third-order valence-corrected chi connectivity index (χ3v) is 3.39. The van der Waals surface area contributed by atoms with Gasteiger partial charge in [0.15, 0.2) is 5.78 Å². The zero-order valence-electron chi connectivity index (χ0n) is 12.4. The Balaban J connectivity index is 2.37. The number of benzene rings is 2. The second-order valence-electron chi connectivity index (χ2n) is 5.22. The first kappa shape index (κ1) is 14.5. The quantitative estimate of drug-likeness (QED) is 0.842. The molecule has 0 aliphatic rings. The van der Waals surface area contributed by atoms with Gasteiger partial charge in [0.1, 0.15) is 0 Å². The molecule has 0 saturated heterocycles. The summed E-state index contributed by atoms with van der Waals surface area (Å²) < 4.78 is 0. The number of ketones is 1. The molecule has 0 heterocycles. The number of aryl methyl sites for hydroxylation is 2. The summed E-state index contributed by atoms with van der Waals surface area (Å²) in [5.41, 5.74) is 4.94. The van der Waals surface area contributed by atoms with Crippen LogP contribution < -0.4 is 5.32 Å². The van der Waals surface area contributed by atoms with Crippen molar-refractivity contribution in [3.8, 4) is 0 Å². The summed E-state index contributed by atoms with van der Waals surface area (Å²) >= 11 is 0. The van der Waals surface area contributed by atoms with E-state index in [-0.39, 0.29) is 5.78 Å². The van der Waals surface area contributed by atoms with Crippen molar-refractivity contribution in [2.75, 3.05) is 13.6 Å². The first-order valence-corrected chi connectivity index (χ1v) is 6.97. The van der Waals surface area contributed by atoms with Gasteiger partial charge in [-0.25, -0.2) is 0 Å². The van der Waals surface area contributed by atoms with E-state index in [9.17, 15) is 4.79 Å². The van der Waals surface area contributed by atoms with Gasteiger partial charge in [-0.3, -0.25) is 4.79 Å². The standard InChI is InChI=1S/C18H21NO/c1-13-10-14(2)12-16(11-13)18(20)17-7-5-4-6-15(17)8-9-19-3/h4-7,10-12,19H,8-9H2,1-3H3. The van der Waals surface area contributed by atoms with Crippen molar-refractivity contribution in [2.45, 2.75) is 20.3 Å². The summed E-state index contributed by atoms with van der Waals surface area (Å²) in [5.74, 6) is 0.114. The van der Waals surface area contributed by atoms with E-state index in [1.165, 1.54) is 0 Å². The third kappa shape index (κ3) is 3.34. The minimum absolute atomic E-state index is 0.114. The van der Waals surface area contributed by atoms with E-state index in [1.54, 1.807) is 0 Å². The number of rotatable bonds is 5. The van der Waals surface area contributed by atoms with Gasteiger partial charge in [0.2, 0.25) is 0 Å². The molecular weight excluding hydrogens is 246 g/mol. The molecule has 2 heteroatoms. The number of hydrogen-bond acceptors (Lipinski definition) is 2. The van der Waals surface area contributed by atoms with Crippen LogP contribution in [0.2, 0.25) is 0 Å². The van der Waals surface area contributed by atoms with Gasteiger partial charge in [0.05, 0.1) is 0 Å². The Bertz CT molecular complexity index is 596. The normalized spacial score (nSPS) is 10.6. The van der Waals surface area contributed by atoms with Gasteiger partial charge in [0, 0.05) is 11.1 Å². The van der Waals surface area contributed by atoms with E-state index >= 15 is 0 Å². The van der Waals surface area contributed by atoms with Crippen LogP contribution in [0, 0.1) is 13.8 Å². The van der Waals surface area contributed by atoms with Crippen molar-refractivity contribution in [1.82, 2.24) is 5.32 Å². The average Bonchev–Trinajstić information content (AvgIpc) is 2.43. The van der Waals surface area contributed by atoms with Gasteiger partial charge in [0.25, 0.3) is 0 Å². The first-order valence-electron chi connectivity index (χ1n) is 6.97. The van der Waals surface area contributed by atoms with Crippen LogP contribution in [0.25, 0.3) is 0 Å². The summed E-state index contributed by atoms with van der Waals surface area (Å²) in [6, 6.07) is 13.9. The second kappa shape index (κ2) is 6.49. The molecule has 2 aromatic carbocycles. The molecular formula is C18H21NO. The lowest BCUT2D eigenvalue weighted by Crippen LogP contribution is -2.13. The number of carbonyl (C=O) groups excluding carboxylic acids is 1. The molecule has 0 bridgehead atoms. The topological polar surface area (TPSA) is 29.1 Å². The Kier molecular flexibility index (Phi) is 4.70. The van der Waals surface area contributed by atoms with Gasteiger partial charge >= 0.3 is 0 Å². The second-order valence-corrected chi connectivity index (χ2v) is 5.22. The van der Waals surface area contributed by atoms with Crippen LogP contribution >= 0.6 is 0 Å². The van der Waals surface area contributed by atoms with Crippen LogP contribution in [-0.4, -0.2) is 19.4 Å². The lowest BCUT2D eigenvalue weighted by atomic mass is 9.95. The first-order chi connectivity index (χ1) is 9.61. The largest absolute Gasteiger partial charge is 0.319 e. The van der Waals surface area contributed by atoms with Crippen LogP contribution in [-0.2, 0) is 6.42 Å². The van der Waals surface area contributed by atoms with Crippen LogP contribution in [0.3, 0.4) is 0 Å². The maximum Gasteiger partial charge on any atom is 0.193 e. The number of carbonyl (C=O) groups is 1. The molecule has 0 aromatic heterocycles. The fraction of sp³-hybridized carbons (Fsp3) is 0.278. The number of likely N-dealkylation sites (N-methyl/N-ethyl adjacent to an activating group) is 1. The van der Waals surface area contributed by atoms with Crippen molar-refractivity contribution >= 4 is 5.78 Å². The van der Waals surface area contributed by atoms with Gasteiger partial charge in [-0.05, 0) is 51.6 Å². The molecule has 0 amide bonds. The van der Waals surface area contributed by atoms with E-state index in [4.69, 9.17) is 0 Å². The predicted octanol–water partition coefficient (Wildman–Crippen LogP) is 3.30. The molecule has 2 aromatic rings. The Labute approximate surface area is 120 Å². The molecule has 0 radical (unpaired) electrons. The van der Waals surface area contributed by atoms with Crippen molar-refractivity contribution in [3.63, 3.8) is 0 Å². The van der Waals surface area contributed by atoms with Gasteiger partial charge in [-0.2, -0.15) is 0 Å². The van der Waals surface area contributed by atoms with E-state index in [1.807, 2.05) is 57.3 Å². The summed E-state index contributed by atoms with van der Waals surface area (Å²) in [7, 11) is 1.92. The number of hydrogen-bond donors (Lipinski definition) is 1. The monoisotopic (exact) mass is 267 g/mol. The highest BCUT2D eigenvalue weighted by molar-refractivity contribution is 6.10. The third-order valence-electron chi connectivity index (χ3n) is 3.39. The van der Waals surface area contributed by atoms with Crippen LogP contribution in [0.1, 0.15) is 32.6 Å². The van der Waals surface area contributed by atoms with E-state index in [2.05, 4.69) is 11.4 Å². The van der Waals surface area contributed by atoms with Gasteiger partial charge in [-0.15, -0.1) is 0 Å². The molecule has 1 N–H and O–H groups in total. The molecule has 0 saturated carbocycles. The highest BCUT2D eigenvalue weighted by atomic mass is 16.1. The molecule has 2 rings (SSSR count). The van der Waals surface area contributed by atoms with Crippen LogP contribution in [0.4, 0.5) is 0 Å². The summed E-state index contributed by atoms with van der Waals surface area (Å²) in [4.78, 5) is 12.7. The Hall–Kier alpha value is -1.93. The minimum Gasteiger partial charge on any atom is -0.319 e. The molecule has 0 atom stereocenters. The van der Waals surface area contributed by atoms with Crippen LogP contribution in [0.5, 0.6) is 0 Å². The van der Waals surface area contributed by atoms with Gasteiger partial charge in [-0.1, -0.05) is 41.5 Å². The molecule has 0 unspecified atom stereocenters. The fourth-order valence-electron chi connectivity index (χ4n) is 2.48. The van der Waals surface area contributed by atoms with Crippen molar-refractivity contribution in [3.05, 3.63) is 70.3 Å². The molecule has 2 nitrogen and oxygen atoms in total. The SMILES string of the molecule is CNCCc1ccccc1C(=O)c1cc(C)cc(C)c1. The summed E-state index contributed by atoms with van der Waals surface area (Å²) in [6.07, 6.45) is 0.864. The van der Waals surface area contributed by atoms with E-state index in [0.717, 1.165) is 40.8 Å². The predicted molar refractivity (Wildman–Crippen MR) is 83.4 cm³/mol. The van der Waals surface area contributed by atoms with Gasteiger partial charge < -0.3 is 5.32 Å². The minimum atomic E-state index is 0.114.